The highest BCUT2D eigenvalue weighted by atomic mass is 35.5. The molecule has 1 atom stereocenters. The van der Waals surface area contributed by atoms with Gasteiger partial charge in [0.05, 0.1) is 7.11 Å². The maximum absolute atomic E-state index is 6.05. The predicted molar refractivity (Wildman–Crippen MR) is 59.9 cm³/mol. The molecule has 0 aromatic heterocycles. The van der Waals surface area contributed by atoms with E-state index in [2.05, 4.69) is 12.1 Å². The lowest BCUT2D eigenvalue weighted by Gasteiger charge is -2.10. The van der Waals surface area contributed by atoms with Gasteiger partial charge in [-0.2, -0.15) is 0 Å². The van der Waals surface area contributed by atoms with Crippen molar-refractivity contribution in [2.45, 2.75) is 18.9 Å². The number of hydrogen-bond donors (Lipinski definition) is 1. The Labute approximate surface area is 90.9 Å². The predicted octanol–water partition coefficient (Wildman–Crippen LogP) is 2.53. The number of halogens is 1. The minimum atomic E-state index is 0. The molecule has 78 valence electrons. The van der Waals surface area contributed by atoms with E-state index in [4.69, 9.17) is 10.5 Å². The van der Waals surface area contributed by atoms with Gasteiger partial charge in [-0.25, -0.2) is 0 Å². The van der Waals surface area contributed by atoms with E-state index in [0.717, 1.165) is 5.75 Å². The number of rotatable bonds is 3. The van der Waals surface area contributed by atoms with Gasteiger partial charge in [-0.1, -0.05) is 12.1 Å². The minimum Gasteiger partial charge on any atom is -0.497 e. The van der Waals surface area contributed by atoms with Gasteiger partial charge >= 0.3 is 0 Å². The van der Waals surface area contributed by atoms with Crippen LogP contribution in [0, 0.1) is 5.92 Å². The van der Waals surface area contributed by atoms with Gasteiger partial charge in [-0.15, -0.1) is 12.4 Å². The zero-order valence-electron chi connectivity index (χ0n) is 8.27. The molecule has 0 spiro atoms. The summed E-state index contributed by atoms with van der Waals surface area (Å²) < 4.78 is 5.08. The number of ether oxygens (including phenoxy) is 1. The van der Waals surface area contributed by atoms with E-state index in [1.165, 1.54) is 18.4 Å². The number of hydrogen-bond acceptors (Lipinski definition) is 2. The van der Waals surface area contributed by atoms with Crippen molar-refractivity contribution in [2.24, 2.45) is 11.7 Å². The summed E-state index contributed by atoms with van der Waals surface area (Å²) in [5.74, 6) is 1.61. The Balaban J connectivity index is 0.000000980. The van der Waals surface area contributed by atoms with Crippen molar-refractivity contribution in [1.82, 2.24) is 0 Å². The van der Waals surface area contributed by atoms with E-state index in [1.807, 2.05) is 12.1 Å². The number of methoxy groups -OCH3 is 1. The summed E-state index contributed by atoms with van der Waals surface area (Å²) in [4.78, 5) is 0. The molecule has 14 heavy (non-hydrogen) atoms. The lowest BCUT2D eigenvalue weighted by Crippen LogP contribution is -2.11. The van der Waals surface area contributed by atoms with Crippen molar-refractivity contribution in [3.63, 3.8) is 0 Å². The van der Waals surface area contributed by atoms with Crippen LogP contribution in [0.3, 0.4) is 0 Å². The van der Waals surface area contributed by atoms with E-state index in [0.29, 0.717) is 5.92 Å². The van der Waals surface area contributed by atoms with Crippen LogP contribution in [0.15, 0.2) is 24.3 Å². The molecule has 1 aliphatic rings. The summed E-state index contributed by atoms with van der Waals surface area (Å²) in [6, 6.07) is 8.28. The number of benzene rings is 1. The molecule has 1 saturated carbocycles. The summed E-state index contributed by atoms with van der Waals surface area (Å²) in [7, 11) is 1.68. The van der Waals surface area contributed by atoms with Crippen molar-refractivity contribution in [2.75, 3.05) is 7.11 Å². The van der Waals surface area contributed by atoms with Crippen LogP contribution in [-0.2, 0) is 0 Å². The van der Waals surface area contributed by atoms with Crippen molar-refractivity contribution in [3.05, 3.63) is 29.8 Å². The largest absolute Gasteiger partial charge is 0.497 e. The first-order valence-corrected chi connectivity index (χ1v) is 4.71. The fraction of sp³-hybridized carbons (Fsp3) is 0.455. The molecule has 0 amide bonds. The average molecular weight is 214 g/mol. The van der Waals surface area contributed by atoms with E-state index in [-0.39, 0.29) is 18.4 Å². The van der Waals surface area contributed by atoms with Crippen LogP contribution in [-0.4, -0.2) is 7.11 Å². The van der Waals surface area contributed by atoms with Crippen LogP contribution in [0.4, 0.5) is 0 Å². The van der Waals surface area contributed by atoms with E-state index in [9.17, 15) is 0 Å². The molecule has 0 saturated heterocycles. The summed E-state index contributed by atoms with van der Waals surface area (Å²) in [5, 5.41) is 0. The van der Waals surface area contributed by atoms with Gasteiger partial charge in [-0.05, 0) is 36.5 Å². The molecule has 0 bridgehead atoms. The van der Waals surface area contributed by atoms with Gasteiger partial charge in [-0.3, -0.25) is 0 Å². The second-order valence-electron chi connectivity index (χ2n) is 3.64. The fourth-order valence-corrected chi connectivity index (χ4v) is 1.55. The molecule has 2 nitrogen and oxygen atoms in total. The highest BCUT2D eigenvalue weighted by Crippen LogP contribution is 2.39. The van der Waals surface area contributed by atoms with Gasteiger partial charge in [0.1, 0.15) is 5.75 Å². The molecule has 1 aliphatic carbocycles. The van der Waals surface area contributed by atoms with Gasteiger partial charge in [0.2, 0.25) is 0 Å². The Morgan fingerprint density at radius 1 is 1.29 bits per heavy atom. The second kappa shape index (κ2) is 4.67. The molecular weight excluding hydrogens is 198 g/mol. The molecule has 2 N–H and O–H groups in total. The molecule has 0 radical (unpaired) electrons. The lowest BCUT2D eigenvalue weighted by atomic mass is 10.0. The van der Waals surface area contributed by atoms with E-state index < -0.39 is 0 Å². The summed E-state index contributed by atoms with van der Waals surface area (Å²) in [6.45, 7) is 0. The molecule has 1 fully saturated rings. The highest BCUT2D eigenvalue weighted by Gasteiger charge is 2.29. The Kier molecular flexibility index (Phi) is 3.78. The molecular formula is C11H16ClNO. The first-order chi connectivity index (χ1) is 6.31. The Morgan fingerprint density at radius 3 is 2.29 bits per heavy atom. The SMILES string of the molecule is COc1ccc(C(N)C2CC2)cc1.Cl. The molecule has 1 aromatic rings. The first kappa shape index (κ1) is 11.3. The third-order valence-electron chi connectivity index (χ3n) is 2.63. The smallest absolute Gasteiger partial charge is 0.118 e. The highest BCUT2D eigenvalue weighted by molar-refractivity contribution is 5.85. The second-order valence-corrected chi connectivity index (χ2v) is 3.64. The average Bonchev–Trinajstić information content (AvgIpc) is 3.00. The third-order valence-corrected chi connectivity index (χ3v) is 2.63. The Morgan fingerprint density at radius 2 is 1.86 bits per heavy atom. The van der Waals surface area contributed by atoms with Crippen molar-refractivity contribution in [3.8, 4) is 5.75 Å². The third kappa shape index (κ3) is 2.40. The molecule has 2 rings (SSSR count). The van der Waals surface area contributed by atoms with Crippen LogP contribution in [0.5, 0.6) is 5.75 Å². The molecule has 3 heteroatoms. The van der Waals surface area contributed by atoms with Crippen molar-refractivity contribution in [1.29, 1.82) is 0 Å². The zero-order valence-corrected chi connectivity index (χ0v) is 9.09. The Bertz CT molecular complexity index is 282. The quantitative estimate of drug-likeness (QED) is 0.838. The summed E-state index contributed by atoms with van der Waals surface area (Å²) in [5.41, 5.74) is 7.28. The normalized spacial score (nSPS) is 17.0. The fourth-order valence-electron chi connectivity index (χ4n) is 1.55. The summed E-state index contributed by atoms with van der Waals surface area (Å²) >= 11 is 0. The monoisotopic (exact) mass is 213 g/mol. The standard InChI is InChI=1S/C11H15NO.ClH/c1-13-10-6-4-9(5-7-10)11(12)8-2-3-8;/h4-8,11H,2-3,12H2,1H3;1H. The van der Waals surface area contributed by atoms with Crippen LogP contribution in [0.2, 0.25) is 0 Å². The maximum atomic E-state index is 6.05. The van der Waals surface area contributed by atoms with E-state index in [1.54, 1.807) is 7.11 Å². The van der Waals surface area contributed by atoms with Crippen molar-refractivity contribution < 1.29 is 4.74 Å². The van der Waals surface area contributed by atoms with Crippen molar-refractivity contribution >= 4 is 12.4 Å². The van der Waals surface area contributed by atoms with Gasteiger partial charge in [0, 0.05) is 6.04 Å². The zero-order chi connectivity index (χ0) is 9.26. The Hall–Kier alpha value is -0.730. The van der Waals surface area contributed by atoms with Crippen LogP contribution < -0.4 is 10.5 Å². The van der Waals surface area contributed by atoms with Crippen LogP contribution >= 0.6 is 12.4 Å². The van der Waals surface area contributed by atoms with E-state index >= 15 is 0 Å². The number of nitrogens with two attached hydrogens (primary N) is 1. The molecule has 1 aromatic carbocycles. The molecule has 0 heterocycles. The van der Waals surface area contributed by atoms with Gasteiger partial charge < -0.3 is 10.5 Å². The topological polar surface area (TPSA) is 35.2 Å². The van der Waals surface area contributed by atoms with Gasteiger partial charge in [0.15, 0.2) is 0 Å². The molecule has 0 aliphatic heterocycles. The lowest BCUT2D eigenvalue weighted by molar-refractivity contribution is 0.414. The minimum absolute atomic E-state index is 0. The first-order valence-electron chi connectivity index (χ1n) is 4.71. The summed E-state index contributed by atoms with van der Waals surface area (Å²) in [6.07, 6.45) is 2.57. The van der Waals surface area contributed by atoms with Gasteiger partial charge in [0.25, 0.3) is 0 Å². The molecule has 1 unspecified atom stereocenters. The van der Waals surface area contributed by atoms with Crippen LogP contribution in [0.1, 0.15) is 24.4 Å². The van der Waals surface area contributed by atoms with Crippen LogP contribution in [0.25, 0.3) is 0 Å². The maximum Gasteiger partial charge on any atom is 0.118 e.